The van der Waals surface area contributed by atoms with E-state index in [-0.39, 0.29) is 5.54 Å². The molecule has 0 aliphatic rings. The average molecular weight is 285 g/mol. The predicted molar refractivity (Wildman–Crippen MR) is 73.3 cm³/mol. The van der Waals surface area contributed by atoms with Gasteiger partial charge in [0.05, 0.1) is 0 Å². The first-order valence-electron chi connectivity index (χ1n) is 5.72. The highest BCUT2D eigenvalue weighted by atomic mass is 79.9. The van der Waals surface area contributed by atoms with E-state index >= 15 is 0 Å². The van der Waals surface area contributed by atoms with Crippen molar-refractivity contribution in [2.24, 2.45) is 5.73 Å². The number of benzene rings is 1. The second kappa shape index (κ2) is 6.38. The molecule has 0 aliphatic heterocycles. The summed E-state index contributed by atoms with van der Waals surface area (Å²) in [4.78, 5) is 0. The van der Waals surface area contributed by atoms with Crippen LogP contribution in [0.25, 0.3) is 0 Å². The molecule has 90 valence electrons. The molecule has 0 bridgehead atoms. The molecule has 0 spiro atoms. The fraction of sp³-hybridized carbons (Fsp3) is 0.538. The van der Waals surface area contributed by atoms with Crippen molar-refractivity contribution in [1.29, 1.82) is 0 Å². The normalized spacial score (nSPS) is 11.8. The van der Waals surface area contributed by atoms with E-state index in [0.717, 1.165) is 25.9 Å². The van der Waals surface area contributed by atoms with Gasteiger partial charge >= 0.3 is 0 Å². The summed E-state index contributed by atoms with van der Waals surface area (Å²) < 4.78 is 1.17. The molecule has 0 aliphatic carbocycles. The van der Waals surface area contributed by atoms with Crippen LogP contribution in [0.1, 0.15) is 32.3 Å². The Bertz CT molecular complexity index is 318. The van der Waals surface area contributed by atoms with Crippen molar-refractivity contribution >= 4 is 15.9 Å². The third-order valence-corrected chi connectivity index (χ3v) is 3.22. The van der Waals surface area contributed by atoms with Crippen LogP contribution in [-0.4, -0.2) is 12.1 Å². The fourth-order valence-electron chi connectivity index (χ4n) is 1.53. The maximum absolute atomic E-state index is 5.92. The molecule has 1 aromatic carbocycles. The minimum atomic E-state index is -0.0466. The second-order valence-corrected chi connectivity index (χ2v) is 5.71. The number of nitrogens with two attached hydrogens (primary N) is 1. The van der Waals surface area contributed by atoms with Crippen LogP contribution in [0.5, 0.6) is 0 Å². The first-order chi connectivity index (χ1) is 7.49. The number of hydrogen-bond acceptors (Lipinski definition) is 2. The summed E-state index contributed by atoms with van der Waals surface area (Å²) in [6.07, 6.45) is 2.17. The third-order valence-electron chi connectivity index (χ3n) is 2.45. The van der Waals surface area contributed by atoms with E-state index in [1.165, 1.54) is 10.0 Å². The van der Waals surface area contributed by atoms with Crippen molar-refractivity contribution < 1.29 is 0 Å². The molecule has 1 rings (SSSR count). The van der Waals surface area contributed by atoms with Crippen molar-refractivity contribution in [2.45, 2.75) is 38.8 Å². The zero-order chi connectivity index (χ0) is 12.0. The highest BCUT2D eigenvalue weighted by molar-refractivity contribution is 9.10. The Balaban J connectivity index is 2.19. The van der Waals surface area contributed by atoms with Crippen LogP contribution in [0.3, 0.4) is 0 Å². The summed E-state index contributed by atoms with van der Waals surface area (Å²) in [5.74, 6) is 0. The molecular weight excluding hydrogens is 264 g/mol. The van der Waals surface area contributed by atoms with Gasteiger partial charge in [-0.1, -0.05) is 34.1 Å². The van der Waals surface area contributed by atoms with Crippen LogP contribution in [-0.2, 0) is 6.54 Å². The summed E-state index contributed by atoms with van der Waals surface area (Å²) in [7, 11) is 0. The quantitative estimate of drug-likeness (QED) is 0.788. The van der Waals surface area contributed by atoms with Crippen LogP contribution in [0.15, 0.2) is 28.7 Å². The SMILES string of the molecule is CC(C)(N)CCCNCc1ccccc1Br. The van der Waals surface area contributed by atoms with E-state index in [1.807, 2.05) is 6.07 Å². The standard InChI is InChI=1S/C13H21BrN2/c1-13(2,15)8-5-9-16-10-11-6-3-4-7-12(11)14/h3-4,6-7,16H,5,8-10,15H2,1-2H3. The Morgan fingerprint density at radius 3 is 2.62 bits per heavy atom. The molecule has 0 amide bonds. The lowest BCUT2D eigenvalue weighted by Crippen LogP contribution is -2.32. The van der Waals surface area contributed by atoms with Gasteiger partial charge in [0.1, 0.15) is 0 Å². The molecule has 0 heterocycles. The average Bonchev–Trinajstić information content (AvgIpc) is 2.18. The van der Waals surface area contributed by atoms with Crippen molar-refractivity contribution in [3.63, 3.8) is 0 Å². The fourth-order valence-corrected chi connectivity index (χ4v) is 1.96. The Labute approximate surface area is 107 Å². The molecule has 0 radical (unpaired) electrons. The molecule has 16 heavy (non-hydrogen) atoms. The van der Waals surface area contributed by atoms with Gasteiger partial charge in [-0.2, -0.15) is 0 Å². The van der Waals surface area contributed by atoms with Crippen molar-refractivity contribution in [2.75, 3.05) is 6.54 Å². The van der Waals surface area contributed by atoms with Crippen molar-refractivity contribution in [3.8, 4) is 0 Å². The first kappa shape index (κ1) is 13.7. The summed E-state index contributed by atoms with van der Waals surface area (Å²) >= 11 is 3.54. The molecular formula is C13H21BrN2. The highest BCUT2D eigenvalue weighted by Crippen LogP contribution is 2.15. The summed E-state index contributed by atoms with van der Waals surface area (Å²) in [6.45, 7) is 6.07. The largest absolute Gasteiger partial charge is 0.326 e. The van der Waals surface area contributed by atoms with Gasteiger partial charge in [0.2, 0.25) is 0 Å². The van der Waals surface area contributed by atoms with Crippen LogP contribution >= 0.6 is 15.9 Å². The van der Waals surface area contributed by atoms with E-state index < -0.39 is 0 Å². The highest BCUT2D eigenvalue weighted by Gasteiger charge is 2.08. The van der Waals surface area contributed by atoms with E-state index in [0.29, 0.717) is 0 Å². The number of rotatable bonds is 6. The number of halogens is 1. The Kier molecular flexibility index (Phi) is 5.46. The van der Waals surface area contributed by atoms with E-state index in [4.69, 9.17) is 5.73 Å². The van der Waals surface area contributed by atoms with Crippen LogP contribution in [0.4, 0.5) is 0 Å². The molecule has 1 aromatic rings. The summed E-state index contributed by atoms with van der Waals surface area (Å²) in [5, 5.41) is 3.43. The lowest BCUT2D eigenvalue weighted by atomic mass is 10.0. The zero-order valence-electron chi connectivity index (χ0n) is 10.1. The molecule has 0 atom stereocenters. The number of hydrogen-bond donors (Lipinski definition) is 2. The van der Waals surface area contributed by atoms with Gasteiger partial charge in [-0.15, -0.1) is 0 Å². The Hall–Kier alpha value is -0.380. The number of nitrogens with one attached hydrogen (secondary N) is 1. The molecule has 3 heteroatoms. The maximum Gasteiger partial charge on any atom is 0.0220 e. The molecule has 0 aromatic heterocycles. The molecule has 0 saturated carbocycles. The van der Waals surface area contributed by atoms with E-state index in [2.05, 4.69) is 53.3 Å². The maximum atomic E-state index is 5.92. The zero-order valence-corrected chi connectivity index (χ0v) is 11.7. The van der Waals surface area contributed by atoms with Gasteiger partial charge in [-0.05, 0) is 44.9 Å². The topological polar surface area (TPSA) is 38.0 Å². The van der Waals surface area contributed by atoms with Crippen LogP contribution in [0, 0.1) is 0 Å². The van der Waals surface area contributed by atoms with Gasteiger partial charge in [0, 0.05) is 16.6 Å². The molecule has 2 nitrogen and oxygen atoms in total. The van der Waals surface area contributed by atoms with Crippen LogP contribution < -0.4 is 11.1 Å². The van der Waals surface area contributed by atoms with Crippen molar-refractivity contribution in [3.05, 3.63) is 34.3 Å². The summed E-state index contributed by atoms with van der Waals surface area (Å²) in [5.41, 5.74) is 7.17. The molecule has 3 N–H and O–H groups in total. The van der Waals surface area contributed by atoms with Gasteiger partial charge in [-0.3, -0.25) is 0 Å². The van der Waals surface area contributed by atoms with Crippen molar-refractivity contribution in [1.82, 2.24) is 5.32 Å². The van der Waals surface area contributed by atoms with Crippen LogP contribution in [0.2, 0.25) is 0 Å². The summed E-state index contributed by atoms with van der Waals surface area (Å²) in [6, 6.07) is 8.29. The second-order valence-electron chi connectivity index (χ2n) is 4.86. The Morgan fingerprint density at radius 1 is 1.31 bits per heavy atom. The lowest BCUT2D eigenvalue weighted by molar-refractivity contribution is 0.448. The van der Waals surface area contributed by atoms with Gasteiger partial charge in [0.15, 0.2) is 0 Å². The van der Waals surface area contributed by atoms with Gasteiger partial charge in [-0.25, -0.2) is 0 Å². The molecule has 0 saturated heterocycles. The predicted octanol–water partition coefficient (Wildman–Crippen LogP) is 3.06. The Morgan fingerprint density at radius 2 is 2.00 bits per heavy atom. The van der Waals surface area contributed by atoms with Gasteiger partial charge < -0.3 is 11.1 Å². The van der Waals surface area contributed by atoms with Gasteiger partial charge in [0.25, 0.3) is 0 Å². The first-order valence-corrected chi connectivity index (χ1v) is 6.51. The monoisotopic (exact) mass is 284 g/mol. The van der Waals surface area contributed by atoms with E-state index in [9.17, 15) is 0 Å². The molecule has 0 fully saturated rings. The third kappa shape index (κ3) is 5.64. The minimum absolute atomic E-state index is 0.0466. The van der Waals surface area contributed by atoms with E-state index in [1.54, 1.807) is 0 Å². The lowest BCUT2D eigenvalue weighted by Gasteiger charge is -2.18. The minimum Gasteiger partial charge on any atom is -0.326 e. The smallest absolute Gasteiger partial charge is 0.0220 e. The molecule has 0 unspecified atom stereocenters.